The lowest BCUT2D eigenvalue weighted by molar-refractivity contribution is 0.0664. The summed E-state index contributed by atoms with van der Waals surface area (Å²) in [5, 5.41) is 19.2. The minimum Gasteiger partial charge on any atom is -0.475 e. The molecule has 22 heavy (non-hydrogen) atoms. The van der Waals surface area contributed by atoms with E-state index in [0.717, 1.165) is 35.2 Å². The Morgan fingerprint density at radius 3 is 2.45 bits per heavy atom. The lowest BCUT2D eigenvalue weighted by atomic mass is 9.98. The molecule has 0 aliphatic rings. The number of rotatable bonds is 6. The Balaban J connectivity index is 2.55. The van der Waals surface area contributed by atoms with Gasteiger partial charge in [-0.15, -0.1) is 0 Å². The first-order chi connectivity index (χ1) is 10.4. The van der Waals surface area contributed by atoms with Crippen molar-refractivity contribution in [3.8, 4) is 0 Å². The zero-order chi connectivity index (χ0) is 16.4. The van der Waals surface area contributed by atoms with Gasteiger partial charge in [-0.05, 0) is 50.1 Å². The fourth-order valence-corrected chi connectivity index (χ4v) is 2.77. The summed E-state index contributed by atoms with van der Waals surface area (Å²) < 4.78 is 5.55. The van der Waals surface area contributed by atoms with Crippen molar-refractivity contribution < 1.29 is 19.4 Å². The molecule has 2 aromatic rings. The molecule has 1 aromatic carbocycles. The van der Waals surface area contributed by atoms with Crippen LogP contribution >= 0.6 is 0 Å². The molecule has 0 fully saturated rings. The van der Waals surface area contributed by atoms with Crippen LogP contribution in [0.25, 0.3) is 11.0 Å². The van der Waals surface area contributed by atoms with Crippen molar-refractivity contribution in [1.29, 1.82) is 0 Å². The van der Waals surface area contributed by atoms with Gasteiger partial charge in [-0.25, -0.2) is 4.79 Å². The molecule has 1 heterocycles. The minimum absolute atomic E-state index is 0.0114. The number of aliphatic hydroxyl groups excluding tert-OH is 1. The van der Waals surface area contributed by atoms with Crippen LogP contribution in [0.2, 0.25) is 0 Å². The Bertz CT molecular complexity index is 702. The van der Waals surface area contributed by atoms with Crippen LogP contribution in [0.5, 0.6) is 0 Å². The molecule has 2 N–H and O–H groups in total. The number of carboxylic acid groups (broad SMARTS) is 1. The van der Waals surface area contributed by atoms with Crippen molar-refractivity contribution in [1.82, 2.24) is 4.90 Å². The second-order valence-corrected chi connectivity index (χ2v) is 5.62. The smallest absolute Gasteiger partial charge is 0.372 e. The van der Waals surface area contributed by atoms with E-state index in [1.165, 1.54) is 0 Å². The van der Waals surface area contributed by atoms with Gasteiger partial charge in [-0.3, -0.25) is 4.90 Å². The van der Waals surface area contributed by atoms with Gasteiger partial charge >= 0.3 is 5.97 Å². The van der Waals surface area contributed by atoms with E-state index in [2.05, 4.69) is 11.8 Å². The SMILES string of the molecule is CCN(CCO)Cc1cc2c(C)c(C(=O)O)oc2c(C)c1C. The molecule has 5 heteroatoms. The molecule has 0 aliphatic carbocycles. The maximum atomic E-state index is 11.3. The lowest BCUT2D eigenvalue weighted by Gasteiger charge is -2.21. The van der Waals surface area contributed by atoms with Crippen LogP contribution in [0.15, 0.2) is 10.5 Å². The number of furan rings is 1. The monoisotopic (exact) mass is 305 g/mol. The molecule has 2 rings (SSSR count). The largest absolute Gasteiger partial charge is 0.475 e. The maximum absolute atomic E-state index is 11.3. The summed E-state index contributed by atoms with van der Waals surface area (Å²) in [4.78, 5) is 13.4. The molecule has 0 radical (unpaired) electrons. The highest BCUT2D eigenvalue weighted by atomic mass is 16.4. The van der Waals surface area contributed by atoms with E-state index in [9.17, 15) is 9.90 Å². The summed E-state index contributed by atoms with van der Waals surface area (Å²) in [5.74, 6) is -1.03. The minimum atomic E-state index is -1.04. The van der Waals surface area contributed by atoms with Gasteiger partial charge in [0, 0.05) is 24.0 Å². The van der Waals surface area contributed by atoms with E-state index < -0.39 is 5.97 Å². The molecular weight excluding hydrogens is 282 g/mol. The number of aromatic carboxylic acids is 1. The molecule has 0 saturated carbocycles. The summed E-state index contributed by atoms with van der Waals surface area (Å²) in [6, 6.07) is 2.02. The van der Waals surface area contributed by atoms with Gasteiger partial charge in [0.05, 0.1) is 6.61 Å². The van der Waals surface area contributed by atoms with E-state index in [-0.39, 0.29) is 12.4 Å². The fourth-order valence-electron chi connectivity index (χ4n) is 2.77. The number of aliphatic hydroxyl groups is 1. The van der Waals surface area contributed by atoms with Gasteiger partial charge in [0.15, 0.2) is 0 Å². The van der Waals surface area contributed by atoms with Crippen molar-refractivity contribution in [2.45, 2.75) is 34.2 Å². The average molecular weight is 305 g/mol. The van der Waals surface area contributed by atoms with Gasteiger partial charge in [-0.2, -0.15) is 0 Å². The first-order valence-corrected chi connectivity index (χ1v) is 7.49. The number of nitrogens with zero attached hydrogens (tertiary/aromatic N) is 1. The third kappa shape index (κ3) is 2.87. The van der Waals surface area contributed by atoms with E-state index in [1.807, 2.05) is 19.9 Å². The van der Waals surface area contributed by atoms with E-state index in [0.29, 0.717) is 17.7 Å². The van der Waals surface area contributed by atoms with Gasteiger partial charge < -0.3 is 14.6 Å². The molecule has 0 unspecified atom stereocenters. The molecule has 0 saturated heterocycles. The van der Waals surface area contributed by atoms with Crippen LogP contribution in [-0.4, -0.2) is 40.8 Å². The highest BCUT2D eigenvalue weighted by molar-refractivity contribution is 5.96. The second-order valence-electron chi connectivity index (χ2n) is 5.62. The summed E-state index contributed by atoms with van der Waals surface area (Å²) in [6.07, 6.45) is 0. The quantitative estimate of drug-likeness (QED) is 0.858. The summed E-state index contributed by atoms with van der Waals surface area (Å²) in [6.45, 7) is 10.1. The number of hydrogen-bond donors (Lipinski definition) is 2. The van der Waals surface area contributed by atoms with Crippen molar-refractivity contribution >= 4 is 16.9 Å². The lowest BCUT2D eigenvalue weighted by Crippen LogP contribution is -2.26. The van der Waals surface area contributed by atoms with Crippen LogP contribution in [0, 0.1) is 20.8 Å². The number of carboxylic acids is 1. The topological polar surface area (TPSA) is 73.9 Å². The van der Waals surface area contributed by atoms with Crippen LogP contribution in [0.3, 0.4) is 0 Å². The Morgan fingerprint density at radius 2 is 1.91 bits per heavy atom. The highest BCUT2D eigenvalue weighted by Crippen LogP contribution is 2.32. The number of hydrogen-bond acceptors (Lipinski definition) is 4. The predicted molar refractivity (Wildman–Crippen MR) is 85.4 cm³/mol. The van der Waals surface area contributed by atoms with E-state index in [4.69, 9.17) is 9.52 Å². The molecule has 120 valence electrons. The summed E-state index contributed by atoms with van der Waals surface area (Å²) >= 11 is 0. The standard InChI is InChI=1S/C17H23NO4/c1-5-18(6-7-19)9-13-8-14-12(4)16(17(20)21)22-15(14)11(3)10(13)2/h8,19H,5-7,9H2,1-4H3,(H,20,21). The molecule has 0 bridgehead atoms. The van der Waals surface area contributed by atoms with Crippen molar-refractivity contribution in [2.75, 3.05) is 19.7 Å². The molecule has 0 spiro atoms. The van der Waals surface area contributed by atoms with Crippen LogP contribution in [-0.2, 0) is 6.54 Å². The van der Waals surface area contributed by atoms with Crippen molar-refractivity contribution in [3.63, 3.8) is 0 Å². The van der Waals surface area contributed by atoms with Gasteiger partial charge in [0.1, 0.15) is 5.58 Å². The first-order valence-electron chi connectivity index (χ1n) is 7.49. The number of aryl methyl sites for hydroxylation is 2. The maximum Gasteiger partial charge on any atom is 0.372 e. The fraction of sp³-hybridized carbons (Fsp3) is 0.471. The third-order valence-corrected chi connectivity index (χ3v) is 4.35. The molecule has 0 aliphatic heterocycles. The van der Waals surface area contributed by atoms with E-state index >= 15 is 0 Å². The number of carbonyl (C=O) groups is 1. The van der Waals surface area contributed by atoms with Crippen LogP contribution in [0.4, 0.5) is 0 Å². The predicted octanol–water partition coefficient (Wildman–Crippen LogP) is 2.87. The molecule has 0 atom stereocenters. The van der Waals surface area contributed by atoms with Crippen molar-refractivity contribution in [2.24, 2.45) is 0 Å². The Morgan fingerprint density at radius 1 is 1.23 bits per heavy atom. The Labute approximate surface area is 130 Å². The van der Waals surface area contributed by atoms with Gasteiger partial charge in [-0.1, -0.05) is 6.92 Å². The molecule has 0 amide bonds. The second kappa shape index (κ2) is 6.50. The number of fused-ring (bicyclic) bond motifs is 1. The first kappa shape index (κ1) is 16.5. The van der Waals surface area contributed by atoms with Crippen LogP contribution in [0.1, 0.15) is 39.7 Å². The Hall–Kier alpha value is -1.85. The zero-order valence-corrected chi connectivity index (χ0v) is 13.6. The Kier molecular flexibility index (Phi) is 4.88. The zero-order valence-electron chi connectivity index (χ0n) is 13.6. The normalized spacial score (nSPS) is 11.5. The number of likely N-dealkylation sites (N-methyl/N-ethyl adjacent to an activating group) is 1. The van der Waals surface area contributed by atoms with E-state index in [1.54, 1.807) is 6.92 Å². The average Bonchev–Trinajstić information content (AvgIpc) is 2.81. The van der Waals surface area contributed by atoms with Crippen LogP contribution < -0.4 is 0 Å². The number of benzene rings is 1. The van der Waals surface area contributed by atoms with Gasteiger partial charge in [0.2, 0.25) is 5.76 Å². The van der Waals surface area contributed by atoms with Gasteiger partial charge in [0.25, 0.3) is 0 Å². The summed E-state index contributed by atoms with van der Waals surface area (Å²) in [5.41, 5.74) is 4.54. The summed E-state index contributed by atoms with van der Waals surface area (Å²) in [7, 11) is 0. The molecule has 1 aromatic heterocycles. The highest BCUT2D eigenvalue weighted by Gasteiger charge is 2.20. The van der Waals surface area contributed by atoms with Crippen molar-refractivity contribution in [3.05, 3.63) is 34.1 Å². The third-order valence-electron chi connectivity index (χ3n) is 4.35. The molecule has 5 nitrogen and oxygen atoms in total. The molecular formula is C17H23NO4.